The lowest BCUT2D eigenvalue weighted by Crippen LogP contribution is -2.64. The second-order valence-corrected chi connectivity index (χ2v) is 6.49. The van der Waals surface area contributed by atoms with Crippen LogP contribution in [0.3, 0.4) is 0 Å². The monoisotopic (exact) mass is 369 g/mol. The predicted octanol–water partition coefficient (Wildman–Crippen LogP) is 1.71. The van der Waals surface area contributed by atoms with Crippen molar-refractivity contribution in [2.45, 2.75) is 26.3 Å². The standard InChI is InChI=1S/C20H23N3O4/c1-12-5-7-14(8-6-12)16-10-9-15(11-13(16)2)17(24)22-20(3,18(25)21-4)19(26)23-27/h5-11,27H,1-4H3,(H,21,25)(H,22,24)(H,23,26). The van der Waals surface area contributed by atoms with Gasteiger partial charge in [0, 0.05) is 12.6 Å². The van der Waals surface area contributed by atoms with Gasteiger partial charge in [-0.05, 0) is 49.6 Å². The number of rotatable bonds is 5. The molecule has 1 atom stereocenters. The third-order valence-corrected chi connectivity index (χ3v) is 4.45. The van der Waals surface area contributed by atoms with Gasteiger partial charge in [-0.1, -0.05) is 35.9 Å². The molecule has 4 N–H and O–H groups in total. The summed E-state index contributed by atoms with van der Waals surface area (Å²) in [5.41, 5.74) is 3.79. The molecule has 7 nitrogen and oxygen atoms in total. The third-order valence-electron chi connectivity index (χ3n) is 4.45. The van der Waals surface area contributed by atoms with Crippen LogP contribution in [-0.4, -0.2) is 35.5 Å². The number of hydroxylamine groups is 1. The summed E-state index contributed by atoms with van der Waals surface area (Å²) >= 11 is 0. The number of amides is 3. The highest BCUT2D eigenvalue weighted by atomic mass is 16.5. The Hall–Kier alpha value is -3.19. The molecule has 27 heavy (non-hydrogen) atoms. The summed E-state index contributed by atoms with van der Waals surface area (Å²) in [5.74, 6) is -2.40. The van der Waals surface area contributed by atoms with Crippen LogP contribution in [0.1, 0.15) is 28.4 Å². The Morgan fingerprint density at radius 3 is 2.11 bits per heavy atom. The average molecular weight is 369 g/mol. The molecular formula is C20H23N3O4. The van der Waals surface area contributed by atoms with Gasteiger partial charge in [0.05, 0.1) is 0 Å². The van der Waals surface area contributed by atoms with Gasteiger partial charge in [-0.25, -0.2) is 5.48 Å². The molecule has 0 spiro atoms. The molecule has 0 fully saturated rings. The lowest BCUT2D eigenvalue weighted by atomic mass is 9.96. The fourth-order valence-electron chi connectivity index (χ4n) is 2.74. The molecule has 0 heterocycles. The van der Waals surface area contributed by atoms with Gasteiger partial charge in [0.2, 0.25) is 0 Å². The molecule has 0 bridgehead atoms. The zero-order valence-corrected chi connectivity index (χ0v) is 15.7. The van der Waals surface area contributed by atoms with Crippen molar-refractivity contribution in [3.8, 4) is 11.1 Å². The SMILES string of the molecule is CNC(=O)C(C)(NC(=O)c1ccc(-c2ccc(C)cc2)c(C)c1)C(=O)NO. The first kappa shape index (κ1) is 20.1. The quantitative estimate of drug-likeness (QED) is 0.366. The van der Waals surface area contributed by atoms with Gasteiger partial charge in [0.1, 0.15) is 0 Å². The van der Waals surface area contributed by atoms with E-state index in [-0.39, 0.29) is 0 Å². The molecule has 0 saturated carbocycles. The number of benzene rings is 2. The van der Waals surface area contributed by atoms with Crippen LogP contribution >= 0.6 is 0 Å². The molecule has 2 rings (SSSR count). The topological polar surface area (TPSA) is 108 Å². The minimum Gasteiger partial charge on any atom is -0.357 e. The van der Waals surface area contributed by atoms with E-state index >= 15 is 0 Å². The summed E-state index contributed by atoms with van der Waals surface area (Å²) in [6, 6.07) is 13.2. The molecule has 0 aliphatic rings. The first-order valence-corrected chi connectivity index (χ1v) is 8.40. The van der Waals surface area contributed by atoms with Crippen molar-refractivity contribution in [2.75, 3.05) is 7.05 Å². The molecular weight excluding hydrogens is 346 g/mol. The van der Waals surface area contributed by atoms with Crippen molar-refractivity contribution < 1.29 is 19.6 Å². The Morgan fingerprint density at radius 1 is 0.963 bits per heavy atom. The second-order valence-electron chi connectivity index (χ2n) is 6.49. The minimum atomic E-state index is -1.95. The summed E-state index contributed by atoms with van der Waals surface area (Å²) in [7, 11) is 1.33. The van der Waals surface area contributed by atoms with E-state index in [0.717, 1.165) is 22.3 Å². The van der Waals surface area contributed by atoms with Crippen molar-refractivity contribution in [1.29, 1.82) is 0 Å². The first-order chi connectivity index (χ1) is 12.7. The molecule has 2 aromatic rings. The van der Waals surface area contributed by atoms with Gasteiger partial charge in [-0.15, -0.1) is 0 Å². The molecule has 0 aromatic heterocycles. The van der Waals surface area contributed by atoms with Gasteiger partial charge < -0.3 is 10.6 Å². The Labute approximate surface area is 157 Å². The predicted molar refractivity (Wildman–Crippen MR) is 101 cm³/mol. The number of carbonyl (C=O) groups is 3. The van der Waals surface area contributed by atoms with Crippen LogP contribution in [-0.2, 0) is 9.59 Å². The van der Waals surface area contributed by atoms with Crippen LogP contribution in [0.2, 0.25) is 0 Å². The molecule has 0 aliphatic carbocycles. The van der Waals surface area contributed by atoms with E-state index in [1.165, 1.54) is 19.5 Å². The Bertz CT molecular complexity index is 859. The highest BCUT2D eigenvalue weighted by Crippen LogP contribution is 2.25. The molecule has 142 valence electrons. The summed E-state index contributed by atoms with van der Waals surface area (Å²) in [6.45, 7) is 5.10. The van der Waals surface area contributed by atoms with Crippen molar-refractivity contribution in [1.82, 2.24) is 16.1 Å². The maximum Gasteiger partial charge on any atom is 0.278 e. The number of likely N-dealkylation sites (N-methyl/N-ethyl adjacent to an activating group) is 1. The summed E-state index contributed by atoms with van der Waals surface area (Å²) < 4.78 is 0. The maximum atomic E-state index is 12.6. The van der Waals surface area contributed by atoms with Crippen LogP contribution < -0.4 is 16.1 Å². The molecule has 0 radical (unpaired) electrons. The van der Waals surface area contributed by atoms with Crippen LogP contribution in [0, 0.1) is 13.8 Å². The van der Waals surface area contributed by atoms with Crippen LogP contribution in [0.4, 0.5) is 0 Å². The van der Waals surface area contributed by atoms with E-state index in [2.05, 4.69) is 10.6 Å². The van der Waals surface area contributed by atoms with Crippen molar-refractivity contribution >= 4 is 17.7 Å². The van der Waals surface area contributed by atoms with Gasteiger partial charge in [0.15, 0.2) is 5.54 Å². The fourth-order valence-corrected chi connectivity index (χ4v) is 2.74. The molecule has 7 heteroatoms. The van der Waals surface area contributed by atoms with E-state index in [9.17, 15) is 14.4 Å². The largest absolute Gasteiger partial charge is 0.357 e. The lowest BCUT2D eigenvalue weighted by Gasteiger charge is -2.26. The Balaban J connectivity index is 2.31. The summed E-state index contributed by atoms with van der Waals surface area (Å²) in [4.78, 5) is 36.5. The number of hydrogen-bond acceptors (Lipinski definition) is 4. The molecule has 0 aliphatic heterocycles. The highest BCUT2D eigenvalue weighted by Gasteiger charge is 2.42. The highest BCUT2D eigenvalue weighted by molar-refractivity contribution is 6.13. The second kappa shape index (κ2) is 8.01. The van der Waals surface area contributed by atoms with Gasteiger partial charge in [-0.2, -0.15) is 0 Å². The summed E-state index contributed by atoms with van der Waals surface area (Å²) in [6.07, 6.45) is 0. The summed E-state index contributed by atoms with van der Waals surface area (Å²) in [5, 5.41) is 13.6. The van der Waals surface area contributed by atoms with Crippen LogP contribution in [0.25, 0.3) is 11.1 Å². The maximum absolute atomic E-state index is 12.6. The molecule has 1 unspecified atom stereocenters. The molecule has 0 saturated heterocycles. The molecule has 2 aromatic carbocycles. The van der Waals surface area contributed by atoms with Crippen molar-refractivity contribution in [2.24, 2.45) is 0 Å². The van der Waals surface area contributed by atoms with E-state index in [1.54, 1.807) is 12.1 Å². The van der Waals surface area contributed by atoms with E-state index in [0.29, 0.717) is 5.56 Å². The number of aryl methyl sites for hydroxylation is 2. The zero-order valence-electron chi connectivity index (χ0n) is 15.7. The number of nitrogens with one attached hydrogen (secondary N) is 3. The normalized spacial score (nSPS) is 12.6. The van der Waals surface area contributed by atoms with E-state index in [4.69, 9.17) is 5.21 Å². The van der Waals surface area contributed by atoms with Gasteiger partial charge in [-0.3, -0.25) is 19.6 Å². The fraction of sp³-hybridized carbons (Fsp3) is 0.250. The van der Waals surface area contributed by atoms with Crippen LogP contribution in [0.15, 0.2) is 42.5 Å². The lowest BCUT2D eigenvalue weighted by molar-refractivity contribution is -0.143. The smallest absolute Gasteiger partial charge is 0.278 e. The Morgan fingerprint density at radius 2 is 1.59 bits per heavy atom. The third kappa shape index (κ3) is 4.15. The molecule has 3 amide bonds. The average Bonchev–Trinajstić information content (AvgIpc) is 2.67. The minimum absolute atomic E-state index is 0.296. The number of carbonyl (C=O) groups excluding carboxylic acids is 3. The van der Waals surface area contributed by atoms with Crippen molar-refractivity contribution in [3.63, 3.8) is 0 Å². The van der Waals surface area contributed by atoms with E-state index in [1.807, 2.05) is 44.2 Å². The first-order valence-electron chi connectivity index (χ1n) is 8.40. The van der Waals surface area contributed by atoms with Crippen molar-refractivity contribution in [3.05, 3.63) is 59.2 Å². The Kier molecular flexibility index (Phi) is 5.97. The number of hydrogen-bond donors (Lipinski definition) is 4. The van der Waals surface area contributed by atoms with Gasteiger partial charge >= 0.3 is 0 Å². The van der Waals surface area contributed by atoms with Crippen LogP contribution in [0.5, 0.6) is 0 Å². The zero-order chi connectivity index (χ0) is 20.2. The van der Waals surface area contributed by atoms with Gasteiger partial charge in [0.25, 0.3) is 17.7 Å². The van der Waals surface area contributed by atoms with E-state index < -0.39 is 23.3 Å².